The van der Waals surface area contributed by atoms with Crippen LogP contribution in [0, 0.1) is 17.2 Å². The number of hydrogen-bond acceptors (Lipinski definition) is 13. The number of amides is 2. The number of H-pyrrole nitrogens is 1. The first-order valence-corrected chi connectivity index (χ1v) is 25.7. The molecule has 3 fully saturated rings. The third-order valence-electron chi connectivity index (χ3n) is 15.1. The van der Waals surface area contributed by atoms with Crippen LogP contribution in [0.2, 0.25) is 5.02 Å². The van der Waals surface area contributed by atoms with Crippen LogP contribution in [0.25, 0.3) is 27.8 Å². The number of aromatic amines is 1. The summed E-state index contributed by atoms with van der Waals surface area (Å²) >= 11 is 6.79. The van der Waals surface area contributed by atoms with Crippen LogP contribution in [0.1, 0.15) is 74.3 Å². The second kappa shape index (κ2) is 21.2. The molecule has 2 amide bonds. The highest BCUT2D eigenvalue weighted by Crippen LogP contribution is 2.40. The number of hydrogen-bond donors (Lipinski definition) is 3. The summed E-state index contributed by atoms with van der Waals surface area (Å²) in [5, 5.41) is 40.2. The molecule has 3 saturated heterocycles. The van der Waals surface area contributed by atoms with Crippen molar-refractivity contribution >= 4 is 45.7 Å². The van der Waals surface area contributed by atoms with Gasteiger partial charge in [0, 0.05) is 67.9 Å². The number of phenolic OH excluding ortho intramolecular Hbond substituents is 2. The lowest BCUT2D eigenvalue weighted by Crippen LogP contribution is -2.55. The van der Waals surface area contributed by atoms with Crippen molar-refractivity contribution in [3.05, 3.63) is 123 Å². The molecule has 0 saturated carbocycles. The summed E-state index contributed by atoms with van der Waals surface area (Å²) in [6, 6.07) is 24.2. The minimum atomic E-state index is -1.06. The summed E-state index contributed by atoms with van der Waals surface area (Å²) < 4.78 is 22.0. The number of phenols is 2. The Morgan fingerprint density at radius 2 is 1.70 bits per heavy atom. The second-order valence-corrected chi connectivity index (χ2v) is 20.4. The van der Waals surface area contributed by atoms with Crippen LogP contribution < -0.4 is 20.2 Å². The van der Waals surface area contributed by atoms with Crippen LogP contribution in [-0.2, 0) is 29.1 Å². The minimum absolute atomic E-state index is 0.0102. The largest absolute Gasteiger partial charge is 0.508 e. The van der Waals surface area contributed by atoms with E-state index in [9.17, 15) is 34.2 Å². The number of aromatic hydroxyl groups is 2. The molecule has 10 rings (SSSR count). The first-order chi connectivity index (χ1) is 35.8. The fraction of sp³-hybridized carbons (Fsp3) is 0.400. The molecule has 384 valence electrons. The molecule has 17 nitrogen and oxygen atoms in total. The number of nitrogens with one attached hydrogen (secondary N) is 1. The number of nitriles is 1. The molecule has 4 aliphatic rings. The van der Waals surface area contributed by atoms with Gasteiger partial charge in [0.2, 0.25) is 5.91 Å². The fourth-order valence-corrected chi connectivity index (χ4v) is 11.5. The van der Waals surface area contributed by atoms with Crippen LogP contribution in [0.3, 0.4) is 0 Å². The Morgan fingerprint density at radius 1 is 0.932 bits per heavy atom. The van der Waals surface area contributed by atoms with Gasteiger partial charge in [0.05, 0.1) is 53.1 Å². The van der Waals surface area contributed by atoms with Crippen LogP contribution >= 0.6 is 11.6 Å². The zero-order valence-corrected chi connectivity index (χ0v) is 42.3. The number of halogens is 2. The Bertz CT molecular complexity index is 3220. The monoisotopic (exact) mass is 1020 g/mol. The lowest BCUT2D eigenvalue weighted by Gasteiger charge is -2.42. The number of piperidine rings is 1. The molecule has 74 heavy (non-hydrogen) atoms. The van der Waals surface area contributed by atoms with Gasteiger partial charge in [-0.25, -0.2) is 18.9 Å². The van der Waals surface area contributed by atoms with E-state index >= 15 is 0 Å². The predicted molar refractivity (Wildman–Crippen MR) is 279 cm³/mol. The van der Waals surface area contributed by atoms with E-state index in [0.29, 0.717) is 79.6 Å². The van der Waals surface area contributed by atoms with Crippen molar-refractivity contribution in [2.24, 2.45) is 5.92 Å². The molecular weight excluding hydrogens is 965 g/mol. The summed E-state index contributed by atoms with van der Waals surface area (Å²) in [5.74, 6) is -1.23. The zero-order valence-electron chi connectivity index (χ0n) is 41.5. The van der Waals surface area contributed by atoms with E-state index in [2.05, 4.69) is 38.7 Å². The van der Waals surface area contributed by atoms with Gasteiger partial charge in [0.1, 0.15) is 23.9 Å². The van der Waals surface area contributed by atoms with E-state index in [1.807, 2.05) is 78.2 Å². The van der Waals surface area contributed by atoms with Gasteiger partial charge in [-0.3, -0.25) is 14.5 Å². The third kappa shape index (κ3) is 9.97. The number of anilines is 2. The quantitative estimate of drug-likeness (QED) is 0.0956. The highest BCUT2D eigenvalue weighted by molar-refractivity contribution is 6.36. The molecule has 0 aliphatic carbocycles. The highest BCUT2D eigenvalue weighted by atomic mass is 35.5. The zero-order chi connectivity index (χ0) is 51.8. The maximum Gasteiger partial charge on any atom is 0.348 e. The number of carbonyl (C=O) groups excluding carboxylic acids is 2. The van der Waals surface area contributed by atoms with Crippen molar-refractivity contribution in [3.8, 4) is 40.7 Å². The highest BCUT2D eigenvalue weighted by Gasteiger charge is 2.38. The number of rotatable bonds is 13. The summed E-state index contributed by atoms with van der Waals surface area (Å²) in [7, 11) is 0. The maximum atomic E-state index is 14.3. The van der Waals surface area contributed by atoms with Gasteiger partial charge >= 0.3 is 11.7 Å². The number of nitrogens with zero attached hydrogens (tertiary/aromatic N) is 10. The van der Waals surface area contributed by atoms with Crippen molar-refractivity contribution in [2.45, 2.75) is 83.5 Å². The van der Waals surface area contributed by atoms with Crippen LogP contribution in [-0.4, -0.2) is 126 Å². The SMILES string of the molecule is C=C(F)C(=O)N1CCN(c2nc(OCC3CCCN3C(=O)C3CCN(Cc4ccc(-n5c(-c6cc(C(C)C)c(O)cc6O)n[nH]c5=O)cc4)CC3)nc3c2CCN(c2cccc4cccc(Cl)c24)C3)CC1CC#N. The van der Waals surface area contributed by atoms with Gasteiger partial charge in [-0.1, -0.05) is 68.4 Å². The molecule has 2 atom stereocenters. The molecule has 6 heterocycles. The first-order valence-electron chi connectivity index (χ1n) is 25.3. The molecule has 19 heteroatoms. The standard InChI is InChI=1S/C55H59ClFN11O6/c1-33(2)42-27-43(48(70)28-47(42)69)51-61-62-55(73)68(51)38-14-12-35(13-15-38)29-63-22-17-37(18-23-63)53(72)66-21-6-9-40(66)32-74-54-59-45-31-64(46-11-5-8-36-7-4-10-44(56)49(36)46)24-19-41(45)50(60-54)65-25-26-67(52(71)34(3)57)39(30-65)16-20-58/h4-5,7-8,10-15,27-28,33,37,39-40,69-70H,3,6,9,16-19,21-26,29-32H2,1-2H3,(H,62,73). The van der Waals surface area contributed by atoms with Gasteiger partial charge < -0.3 is 34.5 Å². The van der Waals surface area contributed by atoms with Crippen LogP contribution in [0.4, 0.5) is 15.9 Å². The van der Waals surface area contributed by atoms with E-state index in [0.717, 1.165) is 59.2 Å². The summed E-state index contributed by atoms with van der Waals surface area (Å²) in [6.45, 7) is 12.0. The minimum Gasteiger partial charge on any atom is -0.508 e. The molecule has 0 spiro atoms. The van der Waals surface area contributed by atoms with Crippen molar-refractivity contribution in [2.75, 3.05) is 62.2 Å². The van der Waals surface area contributed by atoms with Gasteiger partial charge in [0.25, 0.3) is 5.91 Å². The Balaban J connectivity index is 0.807. The average molecular weight is 1020 g/mol. The van der Waals surface area contributed by atoms with Gasteiger partial charge in [0.15, 0.2) is 11.7 Å². The average Bonchev–Trinajstić information content (AvgIpc) is 4.04. The number of piperazine rings is 1. The van der Waals surface area contributed by atoms with Crippen LogP contribution in [0.5, 0.6) is 17.5 Å². The Labute approximate surface area is 433 Å². The van der Waals surface area contributed by atoms with Crippen molar-refractivity contribution in [1.82, 2.24) is 39.4 Å². The number of aromatic nitrogens is 5. The van der Waals surface area contributed by atoms with E-state index in [1.54, 1.807) is 6.07 Å². The smallest absolute Gasteiger partial charge is 0.348 e. The van der Waals surface area contributed by atoms with Crippen molar-refractivity contribution in [3.63, 3.8) is 0 Å². The van der Waals surface area contributed by atoms with Gasteiger partial charge in [-0.15, -0.1) is 0 Å². The number of fused-ring (bicyclic) bond motifs is 2. The normalized spacial score (nSPS) is 18.5. The number of likely N-dealkylation sites (tertiary alicyclic amines) is 2. The molecule has 0 bridgehead atoms. The summed E-state index contributed by atoms with van der Waals surface area (Å²) in [4.78, 5) is 60.1. The second-order valence-electron chi connectivity index (χ2n) is 20.0. The topological polar surface area (TPSA) is 200 Å². The molecule has 3 N–H and O–H groups in total. The van der Waals surface area contributed by atoms with E-state index in [1.165, 1.54) is 15.5 Å². The number of benzene rings is 4. The fourth-order valence-electron chi connectivity index (χ4n) is 11.2. The lowest BCUT2D eigenvalue weighted by atomic mass is 9.94. The Morgan fingerprint density at radius 3 is 2.45 bits per heavy atom. The predicted octanol–water partition coefficient (Wildman–Crippen LogP) is 7.62. The molecule has 4 aromatic carbocycles. The Hall–Kier alpha value is -7.49. The van der Waals surface area contributed by atoms with E-state index in [4.69, 9.17) is 26.3 Å². The van der Waals surface area contributed by atoms with Crippen LogP contribution in [0.15, 0.2) is 90.0 Å². The summed E-state index contributed by atoms with van der Waals surface area (Å²) in [6.07, 6.45) is 3.67. The molecule has 2 unspecified atom stereocenters. The summed E-state index contributed by atoms with van der Waals surface area (Å²) in [5.41, 5.74) is 4.83. The van der Waals surface area contributed by atoms with Gasteiger partial charge in [-0.05, 0) is 98.0 Å². The molecular formula is C55H59ClFN11O6. The Kier molecular flexibility index (Phi) is 14.3. The van der Waals surface area contributed by atoms with Crippen molar-refractivity contribution in [1.29, 1.82) is 5.26 Å². The molecule has 4 aliphatic heterocycles. The molecule has 2 aromatic heterocycles. The van der Waals surface area contributed by atoms with E-state index in [-0.39, 0.29) is 73.2 Å². The first kappa shape index (κ1) is 50.1. The number of ether oxygens (including phenoxy) is 1. The maximum absolute atomic E-state index is 14.3. The molecule has 0 radical (unpaired) electrons. The molecule has 6 aromatic rings. The van der Waals surface area contributed by atoms with E-state index < -0.39 is 23.5 Å². The van der Waals surface area contributed by atoms with Crippen molar-refractivity contribution < 1.29 is 28.9 Å². The third-order valence-corrected chi connectivity index (χ3v) is 15.4. The lowest BCUT2D eigenvalue weighted by molar-refractivity contribution is -0.138. The van der Waals surface area contributed by atoms with Gasteiger partial charge in [-0.2, -0.15) is 20.3 Å². The number of carbonyl (C=O) groups is 2.